The average Bonchev–Trinajstić information content (AvgIpc) is 3.57. The van der Waals surface area contributed by atoms with E-state index in [1.54, 1.807) is 41.2 Å². The van der Waals surface area contributed by atoms with Crippen molar-refractivity contribution in [3.8, 4) is 17.1 Å². The third-order valence-corrected chi connectivity index (χ3v) is 6.60. The summed E-state index contributed by atoms with van der Waals surface area (Å²) in [5.74, 6) is 1.23. The summed E-state index contributed by atoms with van der Waals surface area (Å²) in [6, 6.07) is 25.5. The predicted octanol–water partition coefficient (Wildman–Crippen LogP) is 6.20. The number of carbonyl (C=O) groups excluding carboxylic acids is 1. The van der Waals surface area contributed by atoms with Crippen LogP contribution in [-0.2, 0) is 12.3 Å². The fourth-order valence-corrected chi connectivity index (χ4v) is 4.62. The van der Waals surface area contributed by atoms with Crippen molar-refractivity contribution < 1.29 is 13.6 Å². The van der Waals surface area contributed by atoms with Gasteiger partial charge in [0.1, 0.15) is 11.6 Å². The van der Waals surface area contributed by atoms with Crippen LogP contribution in [0.15, 0.2) is 101 Å². The molecule has 8 heteroatoms. The smallest absolute Gasteiger partial charge is 0.251 e. The van der Waals surface area contributed by atoms with E-state index in [1.165, 1.54) is 17.8 Å². The number of para-hydroxylation sites is 1. The molecule has 1 N–H and O–H groups in total. The first kappa shape index (κ1) is 23.6. The molecule has 0 aliphatic rings. The van der Waals surface area contributed by atoms with E-state index >= 15 is 0 Å². The standard InChI is InChI=1S/C28H23FN4O2S/c1-19-11-13-21(14-12-19)26-31-32-28(33(26)25-10-3-2-9-24(25)29)36-18-20-6-4-7-22(16-20)27(34)30-17-23-8-5-15-35-23/h2-16H,17-18H2,1H3,(H,30,34). The van der Waals surface area contributed by atoms with E-state index in [0.29, 0.717) is 40.3 Å². The number of hydrogen-bond donors (Lipinski definition) is 1. The lowest BCUT2D eigenvalue weighted by Gasteiger charge is -2.12. The molecule has 2 heterocycles. The Bertz CT molecular complexity index is 1480. The molecule has 5 aromatic rings. The number of rotatable bonds is 8. The zero-order valence-corrected chi connectivity index (χ0v) is 20.3. The number of benzene rings is 3. The van der Waals surface area contributed by atoms with Gasteiger partial charge in [0, 0.05) is 16.9 Å². The third-order valence-electron chi connectivity index (χ3n) is 5.60. The number of aromatic nitrogens is 3. The maximum atomic E-state index is 14.8. The first-order valence-corrected chi connectivity index (χ1v) is 12.4. The van der Waals surface area contributed by atoms with Gasteiger partial charge in [0.05, 0.1) is 18.5 Å². The first-order valence-electron chi connectivity index (χ1n) is 11.4. The molecule has 0 bridgehead atoms. The highest BCUT2D eigenvalue weighted by Crippen LogP contribution is 2.31. The van der Waals surface area contributed by atoms with Crippen LogP contribution in [0.4, 0.5) is 4.39 Å². The molecule has 0 saturated carbocycles. The van der Waals surface area contributed by atoms with Gasteiger partial charge in [-0.3, -0.25) is 9.36 Å². The van der Waals surface area contributed by atoms with Gasteiger partial charge in [-0.25, -0.2) is 4.39 Å². The summed E-state index contributed by atoms with van der Waals surface area (Å²) in [5.41, 5.74) is 3.84. The number of halogens is 1. The number of amides is 1. The minimum Gasteiger partial charge on any atom is -0.467 e. The lowest BCUT2D eigenvalue weighted by atomic mass is 10.1. The monoisotopic (exact) mass is 498 g/mol. The second-order valence-electron chi connectivity index (χ2n) is 8.21. The topological polar surface area (TPSA) is 73.0 Å². The second-order valence-corrected chi connectivity index (χ2v) is 9.15. The van der Waals surface area contributed by atoms with E-state index in [4.69, 9.17) is 4.42 Å². The minimum absolute atomic E-state index is 0.186. The number of carbonyl (C=O) groups is 1. The fraction of sp³-hybridized carbons (Fsp3) is 0.107. The molecule has 0 unspecified atom stereocenters. The lowest BCUT2D eigenvalue weighted by Crippen LogP contribution is -2.22. The van der Waals surface area contributed by atoms with Crippen LogP contribution in [0.1, 0.15) is 27.2 Å². The Labute approximate surface area is 212 Å². The maximum absolute atomic E-state index is 14.8. The molecule has 2 aromatic heterocycles. The second kappa shape index (κ2) is 10.6. The molecule has 36 heavy (non-hydrogen) atoms. The Morgan fingerprint density at radius 3 is 2.61 bits per heavy atom. The molecule has 6 nitrogen and oxygen atoms in total. The van der Waals surface area contributed by atoms with E-state index in [2.05, 4.69) is 15.5 Å². The Hall–Kier alpha value is -4.17. The van der Waals surface area contributed by atoms with Gasteiger partial charge >= 0.3 is 0 Å². The van der Waals surface area contributed by atoms with Gasteiger partial charge in [-0.15, -0.1) is 10.2 Å². The molecular formula is C28H23FN4O2S. The Balaban J connectivity index is 1.38. The highest BCUT2D eigenvalue weighted by molar-refractivity contribution is 7.98. The molecule has 1 amide bonds. The summed E-state index contributed by atoms with van der Waals surface area (Å²) < 4.78 is 21.8. The molecule has 0 aliphatic carbocycles. The molecule has 0 fully saturated rings. The molecule has 180 valence electrons. The van der Waals surface area contributed by atoms with E-state index in [-0.39, 0.29) is 11.7 Å². The predicted molar refractivity (Wildman–Crippen MR) is 137 cm³/mol. The van der Waals surface area contributed by atoms with E-state index in [9.17, 15) is 9.18 Å². The molecule has 0 spiro atoms. The van der Waals surface area contributed by atoms with Gasteiger partial charge in [-0.1, -0.05) is 65.9 Å². The zero-order chi connectivity index (χ0) is 24.9. The van der Waals surface area contributed by atoms with E-state index in [0.717, 1.165) is 16.7 Å². The Morgan fingerprint density at radius 2 is 1.83 bits per heavy atom. The van der Waals surface area contributed by atoms with Gasteiger partial charge < -0.3 is 9.73 Å². The fourth-order valence-electron chi connectivity index (χ4n) is 3.74. The summed E-state index contributed by atoms with van der Waals surface area (Å²) in [5, 5.41) is 12.2. The van der Waals surface area contributed by atoms with Crippen LogP contribution in [0.3, 0.4) is 0 Å². The lowest BCUT2D eigenvalue weighted by molar-refractivity contribution is 0.0948. The van der Waals surface area contributed by atoms with E-state index in [1.807, 2.05) is 55.5 Å². The van der Waals surface area contributed by atoms with Crippen molar-refractivity contribution in [1.82, 2.24) is 20.1 Å². The quantitative estimate of drug-likeness (QED) is 0.258. The van der Waals surface area contributed by atoms with E-state index < -0.39 is 0 Å². The number of aryl methyl sites for hydroxylation is 1. The number of nitrogens with zero attached hydrogens (tertiary/aromatic N) is 3. The van der Waals surface area contributed by atoms with Crippen molar-refractivity contribution in [2.24, 2.45) is 0 Å². The normalized spacial score (nSPS) is 10.9. The van der Waals surface area contributed by atoms with Crippen molar-refractivity contribution in [2.45, 2.75) is 24.4 Å². The van der Waals surface area contributed by atoms with Gasteiger partial charge in [-0.2, -0.15) is 0 Å². The maximum Gasteiger partial charge on any atom is 0.251 e. The van der Waals surface area contributed by atoms with Crippen molar-refractivity contribution in [1.29, 1.82) is 0 Å². The number of thioether (sulfide) groups is 1. The zero-order valence-electron chi connectivity index (χ0n) is 19.5. The highest BCUT2D eigenvalue weighted by atomic mass is 32.2. The van der Waals surface area contributed by atoms with Gasteiger partial charge in [0.25, 0.3) is 5.91 Å². The van der Waals surface area contributed by atoms with Gasteiger partial charge in [0.2, 0.25) is 0 Å². The number of furan rings is 1. The summed E-state index contributed by atoms with van der Waals surface area (Å²) in [7, 11) is 0. The number of nitrogens with one attached hydrogen (secondary N) is 1. The number of hydrogen-bond acceptors (Lipinski definition) is 5. The van der Waals surface area contributed by atoms with Crippen LogP contribution in [0.5, 0.6) is 0 Å². The highest BCUT2D eigenvalue weighted by Gasteiger charge is 2.19. The van der Waals surface area contributed by atoms with Crippen LogP contribution in [0.2, 0.25) is 0 Å². The molecule has 0 saturated heterocycles. The van der Waals surface area contributed by atoms with Crippen molar-refractivity contribution >= 4 is 17.7 Å². The van der Waals surface area contributed by atoms with Crippen molar-refractivity contribution in [3.63, 3.8) is 0 Å². The van der Waals surface area contributed by atoms with Gasteiger partial charge in [0.15, 0.2) is 11.0 Å². The van der Waals surface area contributed by atoms with Crippen LogP contribution in [0, 0.1) is 12.7 Å². The van der Waals surface area contributed by atoms with Crippen LogP contribution < -0.4 is 5.32 Å². The Kier molecular flexibility index (Phi) is 6.95. The first-order chi connectivity index (χ1) is 17.6. The summed E-state index contributed by atoms with van der Waals surface area (Å²) in [6.45, 7) is 2.33. The minimum atomic E-state index is -0.359. The molecule has 5 rings (SSSR count). The Morgan fingerprint density at radius 1 is 1.00 bits per heavy atom. The molecule has 0 aliphatic heterocycles. The largest absolute Gasteiger partial charge is 0.467 e. The summed E-state index contributed by atoms with van der Waals surface area (Å²) >= 11 is 1.43. The summed E-state index contributed by atoms with van der Waals surface area (Å²) in [6.07, 6.45) is 1.57. The van der Waals surface area contributed by atoms with Crippen LogP contribution in [0.25, 0.3) is 17.1 Å². The molecular weight excluding hydrogens is 475 g/mol. The molecule has 3 aromatic carbocycles. The van der Waals surface area contributed by atoms with Gasteiger partial charge in [-0.05, 0) is 48.9 Å². The van der Waals surface area contributed by atoms with Crippen molar-refractivity contribution in [2.75, 3.05) is 0 Å². The summed E-state index contributed by atoms with van der Waals surface area (Å²) in [4.78, 5) is 12.6. The van der Waals surface area contributed by atoms with Crippen molar-refractivity contribution in [3.05, 3.63) is 119 Å². The SMILES string of the molecule is Cc1ccc(-c2nnc(SCc3cccc(C(=O)NCc4ccco4)c3)n2-c2ccccc2F)cc1. The average molecular weight is 499 g/mol. The van der Waals surface area contributed by atoms with Crippen LogP contribution in [-0.4, -0.2) is 20.7 Å². The third kappa shape index (κ3) is 5.23. The molecule has 0 radical (unpaired) electrons. The molecule has 0 atom stereocenters. The van der Waals surface area contributed by atoms with Crippen LogP contribution >= 0.6 is 11.8 Å².